The average Bonchev–Trinajstić information content (AvgIpc) is 2.35. The summed E-state index contributed by atoms with van der Waals surface area (Å²) in [5.41, 5.74) is 1.14. The molecule has 0 aromatic heterocycles. The maximum absolute atomic E-state index is 5.58. The molecule has 0 atom stereocenters. The third-order valence-electron chi connectivity index (χ3n) is 1.96. The minimum absolute atomic E-state index is 0.556. The van der Waals surface area contributed by atoms with Crippen molar-refractivity contribution in [1.82, 2.24) is 0 Å². The van der Waals surface area contributed by atoms with Gasteiger partial charge in [0.15, 0.2) is 0 Å². The Labute approximate surface area is 97.1 Å². The Kier molecular flexibility index (Phi) is 5.49. The molecule has 1 aromatic carbocycles. The highest BCUT2D eigenvalue weighted by Crippen LogP contribution is 2.06. The molecule has 82 valence electrons. The summed E-state index contributed by atoms with van der Waals surface area (Å²) < 4.78 is 5.58. The molecule has 0 aliphatic rings. The van der Waals surface area contributed by atoms with E-state index in [1.165, 1.54) is 0 Å². The van der Waals surface area contributed by atoms with E-state index in [4.69, 9.17) is 4.74 Å². The van der Waals surface area contributed by atoms with E-state index in [1.54, 1.807) is 12.2 Å². The molecule has 0 bridgehead atoms. The summed E-state index contributed by atoms with van der Waals surface area (Å²) in [6.07, 6.45) is 8.98. The molecule has 1 aromatic rings. The van der Waals surface area contributed by atoms with Crippen molar-refractivity contribution >= 4 is 0 Å². The zero-order valence-electron chi connectivity index (χ0n) is 9.30. The first-order chi connectivity index (χ1) is 7.86. The smallest absolute Gasteiger partial charge is 0.119 e. The van der Waals surface area contributed by atoms with Crippen molar-refractivity contribution in [3.63, 3.8) is 0 Å². The van der Waals surface area contributed by atoms with Crippen LogP contribution in [0, 0.1) is 0 Å². The van der Waals surface area contributed by atoms with Crippen LogP contribution in [-0.4, -0.2) is 0 Å². The Morgan fingerprint density at radius 2 is 1.88 bits per heavy atom. The van der Waals surface area contributed by atoms with Gasteiger partial charge in [-0.15, -0.1) is 0 Å². The van der Waals surface area contributed by atoms with E-state index >= 15 is 0 Å². The number of hydrogen-bond acceptors (Lipinski definition) is 1. The Balaban J connectivity index is 2.52. The molecule has 1 rings (SSSR count). The van der Waals surface area contributed by atoms with Gasteiger partial charge in [0.2, 0.25) is 0 Å². The van der Waals surface area contributed by atoms with Crippen LogP contribution in [0.15, 0.2) is 79.6 Å². The Bertz CT molecular complexity index is 385. The van der Waals surface area contributed by atoms with Crippen LogP contribution < -0.4 is 0 Å². The Hall–Kier alpha value is -2.02. The maximum atomic E-state index is 5.58. The van der Waals surface area contributed by atoms with Gasteiger partial charge < -0.3 is 4.74 Å². The van der Waals surface area contributed by atoms with E-state index in [9.17, 15) is 0 Å². The molecule has 0 unspecified atom stereocenters. The lowest BCUT2D eigenvalue weighted by molar-refractivity contribution is 0.211. The van der Waals surface area contributed by atoms with Gasteiger partial charge >= 0.3 is 0 Å². The first-order valence-electron chi connectivity index (χ1n) is 5.15. The van der Waals surface area contributed by atoms with Gasteiger partial charge in [0.25, 0.3) is 0 Å². The van der Waals surface area contributed by atoms with Crippen molar-refractivity contribution in [2.75, 3.05) is 0 Å². The SMILES string of the molecule is C=C/C=C\C=C(/C=C)OCc1ccccc1. The van der Waals surface area contributed by atoms with Crippen molar-refractivity contribution in [2.45, 2.75) is 6.61 Å². The lowest BCUT2D eigenvalue weighted by atomic mass is 10.2. The molecular formula is C15H16O. The zero-order valence-corrected chi connectivity index (χ0v) is 9.30. The standard InChI is InChI=1S/C15H16O/c1-3-5-7-12-15(4-2)16-13-14-10-8-6-9-11-14/h3-12H,1-2,13H2/b7-5-,15-12+. The van der Waals surface area contributed by atoms with Crippen molar-refractivity contribution < 1.29 is 4.74 Å². The van der Waals surface area contributed by atoms with Gasteiger partial charge in [-0.3, -0.25) is 0 Å². The topological polar surface area (TPSA) is 9.23 Å². The second-order valence-electron chi connectivity index (χ2n) is 3.17. The molecule has 0 N–H and O–H groups in total. The quantitative estimate of drug-likeness (QED) is 0.511. The fourth-order valence-corrected chi connectivity index (χ4v) is 1.14. The number of benzene rings is 1. The molecule has 0 saturated carbocycles. The molecule has 1 heteroatoms. The summed E-state index contributed by atoms with van der Waals surface area (Å²) in [4.78, 5) is 0. The molecule has 16 heavy (non-hydrogen) atoms. The average molecular weight is 212 g/mol. The van der Waals surface area contributed by atoms with Gasteiger partial charge in [-0.25, -0.2) is 0 Å². The number of hydrogen-bond donors (Lipinski definition) is 0. The van der Waals surface area contributed by atoms with Gasteiger partial charge in [0, 0.05) is 0 Å². The van der Waals surface area contributed by atoms with E-state index in [0.29, 0.717) is 6.61 Å². The lowest BCUT2D eigenvalue weighted by Gasteiger charge is -2.05. The summed E-state index contributed by atoms with van der Waals surface area (Å²) in [5, 5.41) is 0. The van der Waals surface area contributed by atoms with Crippen molar-refractivity contribution in [1.29, 1.82) is 0 Å². The maximum Gasteiger partial charge on any atom is 0.119 e. The molecule has 0 aliphatic carbocycles. The largest absolute Gasteiger partial charge is 0.489 e. The third kappa shape index (κ3) is 4.47. The molecule has 1 nitrogen and oxygen atoms in total. The molecular weight excluding hydrogens is 196 g/mol. The monoisotopic (exact) mass is 212 g/mol. The molecule has 0 spiro atoms. The van der Waals surface area contributed by atoms with Gasteiger partial charge in [-0.1, -0.05) is 61.7 Å². The predicted octanol–water partition coefficient (Wildman–Crippen LogP) is 4.02. The zero-order chi connectivity index (χ0) is 11.6. The summed E-state index contributed by atoms with van der Waals surface area (Å²) in [6, 6.07) is 10.0. The highest BCUT2D eigenvalue weighted by molar-refractivity contribution is 5.20. The summed E-state index contributed by atoms with van der Waals surface area (Å²) >= 11 is 0. The molecule has 0 saturated heterocycles. The van der Waals surface area contributed by atoms with E-state index in [2.05, 4.69) is 13.2 Å². The van der Waals surface area contributed by atoms with Crippen LogP contribution in [0.5, 0.6) is 0 Å². The molecule has 0 radical (unpaired) electrons. The second-order valence-corrected chi connectivity index (χ2v) is 3.17. The summed E-state index contributed by atoms with van der Waals surface area (Å²) in [5.74, 6) is 0.752. The molecule has 0 fully saturated rings. The van der Waals surface area contributed by atoms with Gasteiger partial charge in [-0.2, -0.15) is 0 Å². The predicted molar refractivity (Wildman–Crippen MR) is 68.8 cm³/mol. The first kappa shape index (κ1) is 12.1. The summed E-state index contributed by atoms with van der Waals surface area (Å²) in [6.45, 7) is 7.85. The van der Waals surface area contributed by atoms with E-state index < -0.39 is 0 Å². The highest BCUT2D eigenvalue weighted by Gasteiger charge is 1.93. The minimum Gasteiger partial charge on any atom is -0.489 e. The fourth-order valence-electron chi connectivity index (χ4n) is 1.14. The van der Waals surface area contributed by atoms with E-state index in [1.807, 2.05) is 48.6 Å². The van der Waals surface area contributed by atoms with Crippen molar-refractivity contribution in [3.05, 3.63) is 85.2 Å². The molecule has 0 amide bonds. The normalized spacial score (nSPS) is 11.4. The van der Waals surface area contributed by atoms with Crippen molar-refractivity contribution in [3.8, 4) is 0 Å². The van der Waals surface area contributed by atoms with Crippen LogP contribution in [0.1, 0.15) is 5.56 Å². The lowest BCUT2D eigenvalue weighted by Crippen LogP contribution is -1.90. The molecule has 0 heterocycles. The van der Waals surface area contributed by atoms with E-state index in [-0.39, 0.29) is 0 Å². The van der Waals surface area contributed by atoms with E-state index in [0.717, 1.165) is 11.3 Å². The van der Waals surface area contributed by atoms with Crippen LogP contribution in [0.25, 0.3) is 0 Å². The molecule has 0 aliphatic heterocycles. The fraction of sp³-hybridized carbons (Fsp3) is 0.0667. The van der Waals surface area contributed by atoms with Crippen LogP contribution in [0.2, 0.25) is 0 Å². The first-order valence-corrected chi connectivity index (χ1v) is 5.15. The Morgan fingerprint density at radius 1 is 1.12 bits per heavy atom. The van der Waals surface area contributed by atoms with Crippen LogP contribution in [-0.2, 0) is 11.3 Å². The van der Waals surface area contributed by atoms with Gasteiger partial charge in [0.05, 0.1) is 0 Å². The number of allylic oxidation sites excluding steroid dienone is 5. The van der Waals surface area contributed by atoms with Crippen molar-refractivity contribution in [2.24, 2.45) is 0 Å². The van der Waals surface area contributed by atoms with Gasteiger partial charge in [-0.05, 0) is 17.7 Å². The van der Waals surface area contributed by atoms with Gasteiger partial charge in [0.1, 0.15) is 12.4 Å². The number of ether oxygens (including phenoxy) is 1. The summed E-state index contributed by atoms with van der Waals surface area (Å²) in [7, 11) is 0. The second kappa shape index (κ2) is 7.30. The minimum atomic E-state index is 0.556. The van der Waals surface area contributed by atoms with Crippen LogP contribution >= 0.6 is 0 Å². The number of rotatable bonds is 6. The van der Waals surface area contributed by atoms with Crippen LogP contribution in [0.3, 0.4) is 0 Å². The Morgan fingerprint density at radius 3 is 2.50 bits per heavy atom. The highest BCUT2D eigenvalue weighted by atomic mass is 16.5. The van der Waals surface area contributed by atoms with Crippen LogP contribution in [0.4, 0.5) is 0 Å². The third-order valence-corrected chi connectivity index (χ3v) is 1.96.